The average molecular weight is 476 g/mol. The number of aromatic nitrogens is 3. The molecule has 0 aliphatic heterocycles. The van der Waals surface area contributed by atoms with Crippen LogP contribution in [0.5, 0.6) is 0 Å². The summed E-state index contributed by atoms with van der Waals surface area (Å²) in [6.07, 6.45) is 2.29. The van der Waals surface area contributed by atoms with Gasteiger partial charge < -0.3 is 9.15 Å². The summed E-state index contributed by atoms with van der Waals surface area (Å²) in [5, 5.41) is 2.24. The number of fused-ring (bicyclic) bond motifs is 1. The fourth-order valence-electron chi connectivity index (χ4n) is 3.12. The lowest BCUT2D eigenvalue weighted by Crippen LogP contribution is -2.24. The molecular formula is C22H19Cl2N3O3S. The van der Waals surface area contributed by atoms with Gasteiger partial charge in [0, 0.05) is 31.0 Å². The third kappa shape index (κ3) is 4.96. The second kappa shape index (κ2) is 9.87. The molecule has 0 spiro atoms. The van der Waals surface area contributed by atoms with E-state index in [9.17, 15) is 4.79 Å². The summed E-state index contributed by atoms with van der Waals surface area (Å²) < 4.78 is 12.4. The Balaban J connectivity index is 1.62. The summed E-state index contributed by atoms with van der Waals surface area (Å²) >= 11 is 13.8. The number of nitrogens with zero attached hydrogens (tertiary/aromatic N) is 3. The van der Waals surface area contributed by atoms with Gasteiger partial charge >= 0.3 is 0 Å². The Hall–Kier alpha value is -2.32. The van der Waals surface area contributed by atoms with Crippen molar-refractivity contribution < 1.29 is 9.15 Å². The Kier molecular flexibility index (Phi) is 6.97. The molecule has 0 saturated heterocycles. The molecule has 0 radical (unpaired) electrons. The predicted molar refractivity (Wildman–Crippen MR) is 124 cm³/mol. The van der Waals surface area contributed by atoms with Gasteiger partial charge in [0.2, 0.25) is 5.89 Å². The highest BCUT2D eigenvalue weighted by Gasteiger charge is 2.15. The van der Waals surface area contributed by atoms with E-state index in [0.717, 1.165) is 11.3 Å². The topological polar surface area (TPSA) is 70.2 Å². The van der Waals surface area contributed by atoms with Crippen LogP contribution < -0.4 is 5.56 Å². The summed E-state index contributed by atoms with van der Waals surface area (Å²) in [6.45, 7) is 1.06. The molecule has 4 aromatic rings. The van der Waals surface area contributed by atoms with Crippen LogP contribution in [0.15, 0.2) is 63.1 Å². The van der Waals surface area contributed by atoms with Gasteiger partial charge in [-0.3, -0.25) is 9.36 Å². The van der Waals surface area contributed by atoms with Crippen LogP contribution >= 0.6 is 35.0 Å². The first-order valence-electron chi connectivity index (χ1n) is 9.58. The largest absolute Gasteiger partial charge is 0.444 e. The zero-order valence-electron chi connectivity index (χ0n) is 16.7. The molecule has 0 saturated carbocycles. The summed E-state index contributed by atoms with van der Waals surface area (Å²) in [6, 6.07) is 12.5. The first kappa shape index (κ1) is 21.9. The number of benzene rings is 2. The normalized spacial score (nSPS) is 11.3. The highest BCUT2D eigenvalue weighted by atomic mass is 35.5. The standard InChI is InChI=1S/C22H19Cl2N3O3S/c1-29-10-4-9-27-21(28)17-8-7-14(23)11-19(17)26-22(27)31-13-15-12-30-20(25-15)16-5-2-3-6-18(16)24/h2-3,5-8,11-12H,4,9-10,13H2,1H3. The molecule has 0 unspecified atom stereocenters. The van der Waals surface area contributed by atoms with Crippen molar-refractivity contribution in [2.24, 2.45) is 0 Å². The fraction of sp³-hybridized carbons (Fsp3) is 0.227. The van der Waals surface area contributed by atoms with Gasteiger partial charge in [-0.2, -0.15) is 0 Å². The first-order chi connectivity index (χ1) is 15.1. The van der Waals surface area contributed by atoms with E-state index in [1.807, 2.05) is 18.2 Å². The highest BCUT2D eigenvalue weighted by molar-refractivity contribution is 7.98. The summed E-state index contributed by atoms with van der Waals surface area (Å²) in [5.41, 5.74) is 1.93. The van der Waals surface area contributed by atoms with Crippen molar-refractivity contribution in [1.29, 1.82) is 0 Å². The molecule has 0 fully saturated rings. The minimum atomic E-state index is -0.0998. The fourth-order valence-corrected chi connectivity index (χ4v) is 4.40. The maximum absolute atomic E-state index is 13.1. The molecule has 0 N–H and O–H groups in total. The Morgan fingerprint density at radius 3 is 2.81 bits per heavy atom. The van der Waals surface area contributed by atoms with Crippen molar-refractivity contribution in [3.8, 4) is 11.5 Å². The van der Waals surface area contributed by atoms with Gasteiger partial charge in [0.05, 0.1) is 27.2 Å². The molecule has 9 heteroatoms. The molecular weight excluding hydrogens is 457 g/mol. The lowest BCUT2D eigenvalue weighted by molar-refractivity contribution is 0.189. The van der Waals surface area contributed by atoms with E-state index < -0.39 is 0 Å². The van der Waals surface area contributed by atoms with Gasteiger partial charge in [0.1, 0.15) is 6.26 Å². The van der Waals surface area contributed by atoms with Crippen molar-refractivity contribution in [3.63, 3.8) is 0 Å². The van der Waals surface area contributed by atoms with Crippen LogP contribution in [0.4, 0.5) is 0 Å². The number of oxazole rings is 1. The van der Waals surface area contributed by atoms with E-state index in [1.54, 1.807) is 42.2 Å². The van der Waals surface area contributed by atoms with E-state index >= 15 is 0 Å². The predicted octanol–water partition coefficient (Wildman–Crippen LogP) is 5.69. The van der Waals surface area contributed by atoms with E-state index in [0.29, 0.717) is 57.3 Å². The van der Waals surface area contributed by atoms with E-state index in [-0.39, 0.29) is 5.56 Å². The quantitative estimate of drug-likeness (QED) is 0.185. The number of halogens is 2. The van der Waals surface area contributed by atoms with Crippen LogP contribution in [-0.4, -0.2) is 28.3 Å². The molecule has 0 aliphatic rings. The van der Waals surface area contributed by atoms with Crippen LogP contribution in [0.25, 0.3) is 22.4 Å². The maximum Gasteiger partial charge on any atom is 0.262 e. The molecule has 2 heterocycles. The highest BCUT2D eigenvalue weighted by Crippen LogP contribution is 2.29. The monoisotopic (exact) mass is 475 g/mol. The van der Waals surface area contributed by atoms with Gasteiger partial charge in [-0.25, -0.2) is 9.97 Å². The summed E-state index contributed by atoms with van der Waals surface area (Å²) in [5.74, 6) is 0.938. The Morgan fingerprint density at radius 2 is 2.00 bits per heavy atom. The van der Waals surface area contributed by atoms with E-state index in [1.165, 1.54) is 11.8 Å². The van der Waals surface area contributed by atoms with Gasteiger partial charge in [-0.1, -0.05) is 47.1 Å². The SMILES string of the molecule is COCCCn1c(SCc2coc(-c3ccccc3Cl)n2)nc2cc(Cl)ccc2c1=O. The van der Waals surface area contributed by atoms with E-state index in [2.05, 4.69) is 4.98 Å². The second-order valence-corrected chi connectivity index (χ2v) is 8.56. The molecule has 0 bridgehead atoms. The lowest BCUT2D eigenvalue weighted by atomic mass is 10.2. The molecule has 0 aliphatic carbocycles. The smallest absolute Gasteiger partial charge is 0.262 e. The van der Waals surface area contributed by atoms with Crippen LogP contribution in [0.3, 0.4) is 0 Å². The first-order valence-corrected chi connectivity index (χ1v) is 11.3. The third-order valence-electron chi connectivity index (χ3n) is 4.62. The Morgan fingerprint density at radius 1 is 1.16 bits per heavy atom. The molecule has 2 aromatic heterocycles. The number of methoxy groups -OCH3 is 1. The third-order valence-corrected chi connectivity index (χ3v) is 6.19. The van der Waals surface area contributed by atoms with Gasteiger partial charge in [0.25, 0.3) is 5.56 Å². The number of thioether (sulfide) groups is 1. The molecule has 0 amide bonds. The zero-order valence-corrected chi connectivity index (χ0v) is 19.0. The molecule has 160 valence electrons. The van der Waals surface area contributed by atoms with Crippen molar-refractivity contribution in [2.75, 3.05) is 13.7 Å². The molecule has 2 aromatic carbocycles. The van der Waals surface area contributed by atoms with Gasteiger partial charge in [-0.05, 0) is 36.8 Å². The second-order valence-electron chi connectivity index (χ2n) is 6.77. The maximum atomic E-state index is 13.1. The lowest BCUT2D eigenvalue weighted by Gasteiger charge is -2.12. The summed E-state index contributed by atoms with van der Waals surface area (Å²) in [7, 11) is 1.64. The van der Waals surface area contributed by atoms with Crippen LogP contribution in [-0.2, 0) is 17.0 Å². The minimum absolute atomic E-state index is 0.0998. The van der Waals surface area contributed by atoms with Gasteiger partial charge in [-0.15, -0.1) is 0 Å². The Labute approximate surface area is 193 Å². The molecule has 4 rings (SSSR count). The number of rotatable bonds is 8. The van der Waals surface area contributed by atoms with E-state index in [4.69, 9.17) is 37.3 Å². The minimum Gasteiger partial charge on any atom is -0.444 e. The van der Waals surface area contributed by atoms with Crippen molar-refractivity contribution in [2.45, 2.75) is 23.9 Å². The van der Waals surface area contributed by atoms with Crippen molar-refractivity contribution in [1.82, 2.24) is 14.5 Å². The summed E-state index contributed by atoms with van der Waals surface area (Å²) in [4.78, 5) is 22.3. The number of hydrogen-bond donors (Lipinski definition) is 0. The number of ether oxygens (including phenoxy) is 1. The van der Waals surface area contributed by atoms with Crippen molar-refractivity contribution in [3.05, 3.63) is 74.8 Å². The zero-order chi connectivity index (χ0) is 21.8. The van der Waals surface area contributed by atoms with Crippen molar-refractivity contribution >= 4 is 45.9 Å². The van der Waals surface area contributed by atoms with Gasteiger partial charge in [0.15, 0.2) is 5.16 Å². The molecule has 31 heavy (non-hydrogen) atoms. The molecule has 0 atom stereocenters. The number of hydrogen-bond acceptors (Lipinski definition) is 6. The van der Waals surface area contributed by atoms with Crippen LogP contribution in [0.2, 0.25) is 10.0 Å². The van der Waals surface area contributed by atoms with Crippen LogP contribution in [0.1, 0.15) is 12.1 Å². The van der Waals surface area contributed by atoms with Crippen LogP contribution in [0, 0.1) is 0 Å². The molecule has 6 nitrogen and oxygen atoms in total. The average Bonchev–Trinajstić information content (AvgIpc) is 3.23. The Bertz CT molecular complexity index is 1270.